The number of carboxylic acid groups (broad SMARTS) is 1. The van der Waals surface area contributed by atoms with Crippen molar-refractivity contribution >= 4 is 11.9 Å². The molecule has 3 rings (SSSR count). The van der Waals surface area contributed by atoms with Crippen molar-refractivity contribution in [1.29, 1.82) is 0 Å². The van der Waals surface area contributed by atoms with Crippen molar-refractivity contribution in [2.45, 2.75) is 31.9 Å². The lowest BCUT2D eigenvalue weighted by molar-refractivity contribution is -0.138. The van der Waals surface area contributed by atoms with E-state index in [1.165, 1.54) is 21.7 Å². The Bertz CT molecular complexity index is 818. The number of aliphatic carboxylic acids is 1. The van der Waals surface area contributed by atoms with E-state index < -0.39 is 12.0 Å². The van der Waals surface area contributed by atoms with Crippen LogP contribution >= 0.6 is 0 Å². The molecule has 1 aliphatic rings. The monoisotopic (exact) mass is 361 g/mol. The maximum absolute atomic E-state index is 13.1. The van der Waals surface area contributed by atoms with Crippen molar-refractivity contribution in [3.05, 3.63) is 47.5 Å². The van der Waals surface area contributed by atoms with E-state index in [0.29, 0.717) is 24.2 Å². The zero-order valence-corrected chi connectivity index (χ0v) is 14.6. The summed E-state index contributed by atoms with van der Waals surface area (Å²) in [6, 6.07) is 5.35. The summed E-state index contributed by atoms with van der Waals surface area (Å²) in [4.78, 5) is 25.6. The van der Waals surface area contributed by atoms with Crippen LogP contribution in [0.3, 0.4) is 0 Å². The largest absolute Gasteiger partial charge is 0.481 e. The number of aromatic nitrogens is 2. The highest BCUT2D eigenvalue weighted by Crippen LogP contribution is 2.25. The van der Waals surface area contributed by atoms with Crippen LogP contribution in [-0.2, 0) is 9.53 Å². The fraction of sp³-hybridized carbons (Fsp3) is 0.389. The smallest absolute Gasteiger partial charge is 0.305 e. The summed E-state index contributed by atoms with van der Waals surface area (Å²) in [5.41, 5.74) is 1.54. The third kappa shape index (κ3) is 3.60. The van der Waals surface area contributed by atoms with E-state index in [1.807, 2.05) is 0 Å². The zero-order chi connectivity index (χ0) is 18.8. The topological polar surface area (TPSA) is 84.7 Å². The standard InChI is InChI=1S/C18H20FN3O4/c1-11-9-22(13-5-3-12(19)4-6-13)20-17(11)18(25)21-10-15(26-2)7-14(21)8-16(23)24/h3-6,9,14-15H,7-8,10H2,1-2H3,(H,23,24). The first-order valence-corrected chi connectivity index (χ1v) is 8.26. The minimum atomic E-state index is -0.960. The van der Waals surface area contributed by atoms with E-state index in [0.717, 1.165) is 0 Å². The Kier molecular flexibility index (Phi) is 5.03. The molecule has 1 saturated heterocycles. The van der Waals surface area contributed by atoms with E-state index in [2.05, 4.69) is 5.10 Å². The lowest BCUT2D eigenvalue weighted by Crippen LogP contribution is -2.37. The Morgan fingerprint density at radius 2 is 2.04 bits per heavy atom. The normalized spacial score (nSPS) is 19.7. The molecule has 1 fully saturated rings. The number of carbonyl (C=O) groups is 2. The number of aryl methyl sites for hydroxylation is 1. The second-order valence-corrected chi connectivity index (χ2v) is 6.38. The summed E-state index contributed by atoms with van der Waals surface area (Å²) in [5.74, 6) is -1.64. The number of likely N-dealkylation sites (tertiary alicyclic amines) is 1. The zero-order valence-electron chi connectivity index (χ0n) is 14.6. The minimum absolute atomic E-state index is 0.136. The van der Waals surface area contributed by atoms with Gasteiger partial charge in [-0.1, -0.05) is 0 Å². The Morgan fingerprint density at radius 3 is 2.65 bits per heavy atom. The number of nitrogens with zero attached hydrogens (tertiary/aromatic N) is 3. The minimum Gasteiger partial charge on any atom is -0.481 e. The SMILES string of the molecule is COC1CC(CC(=O)O)N(C(=O)c2nn(-c3ccc(F)cc3)cc2C)C1. The van der Waals surface area contributed by atoms with Crippen LogP contribution in [0, 0.1) is 12.7 Å². The first-order valence-electron chi connectivity index (χ1n) is 8.26. The Morgan fingerprint density at radius 1 is 1.35 bits per heavy atom. The van der Waals surface area contributed by atoms with Gasteiger partial charge in [-0.3, -0.25) is 9.59 Å². The number of benzene rings is 1. The number of rotatable bonds is 5. The summed E-state index contributed by atoms with van der Waals surface area (Å²) in [7, 11) is 1.55. The van der Waals surface area contributed by atoms with E-state index in [-0.39, 0.29) is 29.9 Å². The molecule has 2 unspecified atom stereocenters. The lowest BCUT2D eigenvalue weighted by atomic mass is 10.1. The fourth-order valence-corrected chi connectivity index (χ4v) is 3.22. The number of carboxylic acids is 1. The quantitative estimate of drug-likeness (QED) is 0.881. The van der Waals surface area contributed by atoms with E-state index in [9.17, 15) is 14.0 Å². The number of hydrogen-bond acceptors (Lipinski definition) is 4. The van der Waals surface area contributed by atoms with Gasteiger partial charge in [-0.15, -0.1) is 0 Å². The van der Waals surface area contributed by atoms with Crippen molar-refractivity contribution in [3.63, 3.8) is 0 Å². The van der Waals surface area contributed by atoms with Gasteiger partial charge >= 0.3 is 5.97 Å². The van der Waals surface area contributed by atoms with Gasteiger partial charge in [-0.25, -0.2) is 9.07 Å². The molecule has 1 aliphatic heterocycles. The molecule has 0 bridgehead atoms. The number of methoxy groups -OCH3 is 1. The summed E-state index contributed by atoms with van der Waals surface area (Å²) in [6.07, 6.45) is 1.84. The highest BCUT2D eigenvalue weighted by molar-refractivity contribution is 5.94. The lowest BCUT2D eigenvalue weighted by Gasteiger charge is -2.22. The summed E-state index contributed by atoms with van der Waals surface area (Å²) in [6.45, 7) is 2.09. The maximum atomic E-state index is 13.1. The van der Waals surface area contributed by atoms with Crippen molar-refractivity contribution in [2.75, 3.05) is 13.7 Å². The molecule has 2 heterocycles. The van der Waals surface area contributed by atoms with Crippen molar-refractivity contribution in [1.82, 2.24) is 14.7 Å². The molecule has 1 aromatic heterocycles. The molecule has 138 valence electrons. The Balaban J connectivity index is 1.87. The molecule has 7 nitrogen and oxygen atoms in total. The molecule has 2 atom stereocenters. The van der Waals surface area contributed by atoms with Gasteiger partial charge in [-0.2, -0.15) is 5.10 Å². The molecule has 1 amide bonds. The number of hydrogen-bond donors (Lipinski definition) is 1. The van der Waals surface area contributed by atoms with Gasteiger partial charge in [0.15, 0.2) is 5.69 Å². The second kappa shape index (κ2) is 7.25. The highest BCUT2D eigenvalue weighted by atomic mass is 19.1. The van der Waals surface area contributed by atoms with Crippen LogP contribution in [0.4, 0.5) is 4.39 Å². The molecule has 0 aliphatic carbocycles. The van der Waals surface area contributed by atoms with E-state index in [1.54, 1.807) is 32.4 Å². The molecule has 2 aromatic rings. The molecule has 0 radical (unpaired) electrons. The van der Waals surface area contributed by atoms with Crippen molar-refractivity contribution in [3.8, 4) is 5.69 Å². The van der Waals surface area contributed by atoms with Crippen LogP contribution in [0.15, 0.2) is 30.5 Å². The van der Waals surface area contributed by atoms with Crippen LogP contribution in [0.25, 0.3) is 5.69 Å². The van der Waals surface area contributed by atoms with Crippen LogP contribution in [-0.4, -0.2) is 57.5 Å². The molecular formula is C18H20FN3O4. The van der Waals surface area contributed by atoms with Crippen LogP contribution in [0.2, 0.25) is 0 Å². The molecule has 0 spiro atoms. The van der Waals surface area contributed by atoms with Crippen molar-refractivity contribution in [2.24, 2.45) is 0 Å². The number of ether oxygens (including phenoxy) is 1. The third-order valence-electron chi connectivity index (χ3n) is 4.57. The van der Waals surface area contributed by atoms with Crippen LogP contribution in [0.1, 0.15) is 28.9 Å². The fourth-order valence-electron chi connectivity index (χ4n) is 3.22. The van der Waals surface area contributed by atoms with Gasteiger partial charge in [0, 0.05) is 31.5 Å². The molecule has 0 saturated carbocycles. The molecular weight excluding hydrogens is 341 g/mol. The number of carbonyl (C=O) groups excluding carboxylic acids is 1. The number of amides is 1. The first-order chi connectivity index (χ1) is 12.4. The van der Waals surface area contributed by atoms with Gasteiger partial charge in [0.25, 0.3) is 5.91 Å². The molecule has 26 heavy (non-hydrogen) atoms. The average Bonchev–Trinajstić information content (AvgIpc) is 3.18. The predicted molar refractivity (Wildman–Crippen MR) is 90.8 cm³/mol. The third-order valence-corrected chi connectivity index (χ3v) is 4.57. The van der Waals surface area contributed by atoms with E-state index in [4.69, 9.17) is 9.84 Å². The average molecular weight is 361 g/mol. The van der Waals surface area contributed by atoms with Gasteiger partial charge in [0.1, 0.15) is 5.82 Å². The van der Waals surface area contributed by atoms with Crippen molar-refractivity contribution < 1.29 is 23.8 Å². The molecule has 8 heteroatoms. The molecule has 1 aromatic carbocycles. The van der Waals surface area contributed by atoms with Gasteiger partial charge in [0.2, 0.25) is 0 Å². The molecule has 1 N–H and O–H groups in total. The van der Waals surface area contributed by atoms with E-state index >= 15 is 0 Å². The van der Waals surface area contributed by atoms with Gasteiger partial charge in [-0.05, 0) is 37.6 Å². The van der Waals surface area contributed by atoms with Crippen LogP contribution in [0.5, 0.6) is 0 Å². The van der Waals surface area contributed by atoms with Gasteiger partial charge in [0.05, 0.1) is 18.2 Å². The summed E-state index contributed by atoms with van der Waals surface area (Å²) in [5, 5.41) is 13.4. The number of halogens is 1. The first kappa shape index (κ1) is 18.1. The van der Waals surface area contributed by atoms with Crippen LogP contribution < -0.4 is 0 Å². The second-order valence-electron chi connectivity index (χ2n) is 6.38. The predicted octanol–water partition coefficient (Wildman–Crippen LogP) is 2.02. The van der Waals surface area contributed by atoms with Gasteiger partial charge < -0.3 is 14.7 Å². The summed E-state index contributed by atoms with van der Waals surface area (Å²) < 4.78 is 19.9. The summed E-state index contributed by atoms with van der Waals surface area (Å²) >= 11 is 0. The highest BCUT2D eigenvalue weighted by Gasteiger charge is 2.38. The Labute approximate surface area is 150 Å². The Hall–Kier alpha value is -2.74. The maximum Gasteiger partial charge on any atom is 0.305 e.